The molecule has 31 heavy (non-hydrogen) atoms. The van der Waals surface area contributed by atoms with E-state index in [1.807, 2.05) is 0 Å². The normalized spacial score (nSPS) is 31.5. The molecule has 0 aromatic carbocycles. The van der Waals surface area contributed by atoms with Gasteiger partial charge >= 0.3 is 19.5 Å². The molecular weight excluding hydrogens is 439 g/mol. The van der Waals surface area contributed by atoms with Crippen LogP contribution >= 0.6 is 7.60 Å². The standard InChI is InChI=1S/C18H33O12P/c1-3-5-11(19)28-9-10(29-12(20)6-4-2)7-8-31(26,27)30-18-16(24)14(22)13(21)15(23)17(18)25/h10,13-18,21-25H,3-9H2,1-2H3,(H,26,27)/t10?,13-,14-,15+,16-,17-,18-/m0/s1. The maximum Gasteiger partial charge on any atom is 0.328 e. The average Bonchev–Trinajstić information content (AvgIpc) is 2.70. The Bertz CT molecular complexity index is 613. The number of ether oxygens (including phenoxy) is 2. The minimum Gasteiger partial charge on any atom is -0.462 e. The summed E-state index contributed by atoms with van der Waals surface area (Å²) in [6.45, 7) is 3.21. The molecule has 0 aromatic rings. The number of aliphatic hydroxyl groups excluding tert-OH is 5. The fourth-order valence-electron chi connectivity index (χ4n) is 2.96. The molecule has 0 aromatic heterocycles. The maximum atomic E-state index is 12.5. The van der Waals surface area contributed by atoms with Crippen LogP contribution in [0.25, 0.3) is 0 Å². The van der Waals surface area contributed by atoms with Gasteiger partial charge in [0.25, 0.3) is 0 Å². The van der Waals surface area contributed by atoms with Crippen molar-refractivity contribution in [3.05, 3.63) is 0 Å². The molecule has 1 fully saturated rings. The first kappa shape index (κ1) is 27.9. The van der Waals surface area contributed by atoms with Crippen LogP contribution in [0.15, 0.2) is 0 Å². The van der Waals surface area contributed by atoms with Gasteiger partial charge in [0.2, 0.25) is 0 Å². The van der Waals surface area contributed by atoms with Gasteiger partial charge in [-0.2, -0.15) is 0 Å². The number of esters is 2. The number of carbonyl (C=O) groups is 2. The first-order valence-corrected chi connectivity index (χ1v) is 11.9. The topological polar surface area (TPSA) is 200 Å². The highest BCUT2D eigenvalue weighted by atomic mass is 31.2. The Morgan fingerprint density at radius 2 is 1.35 bits per heavy atom. The van der Waals surface area contributed by atoms with Crippen LogP contribution in [0.2, 0.25) is 0 Å². The fourth-order valence-corrected chi connectivity index (χ4v) is 4.31. The molecule has 0 bridgehead atoms. The Kier molecular flexibility index (Phi) is 11.5. The van der Waals surface area contributed by atoms with Gasteiger partial charge in [-0.15, -0.1) is 0 Å². The molecule has 0 radical (unpaired) electrons. The maximum absolute atomic E-state index is 12.5. The predicted molar refractivity (Wildman–Crippen MR) is 105 cm³/mol. The Balaban J connectivity index is 2.76. The first-order chi connectivity index (χ1) is 14.4. The van der Waals surface area contributed by atoms with Crippen molar-refractivity contribution in [2.45, 2.75) is 88.7 Å². The second-order valence-electron chi connectivity index (χ2n) is 7.47. The van der Waals surface area contributed by atoms with Crippen molar-refractivity contribution in [3.63, 3.8) is 0 Å². The van der Waals surface area contributed by atoms with E-state index in [0.29, 0.717) is 12.8 Å². The van der Waals surface area contributed by atoms with Crippen LogP contribution in [0.5, 0.6) is 0 Å². The van der Waals surface area contributed by atoms with Gasteiger partial charge in [-0.25, -0.2) is 0 Å². The fraction of sp³-hybridized carbons (Fsp3) is 0.889. The minimum absolute atomic E-state index is 0.102. The van der Waals surface area contributed by atoms with E-state index in [4.69, 9.17) is 14.0 Å². The van der Waals surface area contributed by atoms with Crippen LogP contribution in [0.4, 0.5) is 0 Å². The molecule has 1 aliphatic carbocycles. The lowest BCUT2D eigenvalue weighted by molar-refractivity contribution is -0.218. The molecule has 0 saturated heterocycles. The number of aliphatic hydroxyl groups is 5. The molecule has 0 amide bonds. The van der Waals surface area contributed by atoms with Crippen molar-refractivity contribution in [1.82, 2.24) is 0 Å². The van der Waals surface area contributed by atoms with Crippen LogP contribution in [0, 0.1) is 0 Å². The summed E-state index contributed by atoms with van der Waals surface area (Å²) in [5, 5.41) is 48.9. The molecule has 12 nitrogen and oxygen atoms in total. The molecule has 8 atom stereocenters. The Labute approximate surface area is 180 Å². The Hall–Kier alpha value is -1.11. The summed E-state index contributed by atoms with van der Waals surface area (Å²) in [6.07, 6.45) is -12.0. The van der Waals surface area contributed by atoms with Crippen LogP contribution in [0.3, 0.4) is 0 Å². The average molecular weight is 472 g/mol. The number of hydrogen-bond donors (Lipinski definition) is 6. The third-order valence-electron chi connectivity index (χ3n) is 4.73. The molecule has 0 aliphatic heterocycles. The van der Waals surface area contributed by atoms with Crippen molar-refractivity contribution in [3.8, 4) is 0 Å². The van der Waals surface area contributed by atoms with Crippen molar-refractivity contribution >= 4 is 19.5 Å². The highest BCUT2D eigenvalue weighted by Gasteiger charge is 2.50. The SMILES string of the molecule is CCCC(=O)OCC(CCP(=O)(O)O[C@@H]1[C@@H](O)[C@H](O)[C@@H](O)[C@H](O)[C@@H]1O)OC(=O)CCC. The van der Waals surface area contributed by atoms with Gasteiger partial charge in [0.15, 0.2) is 0 Å². The van der Waals surface area contributed by atoms with Gasteiger partial charge < -0.3 is 39.9 Å². The summed E-state index contributed by atoms with van der Waals surface area (Å²) in [5.41, 5.74) is 0. The van der Waals surface area contributed by atoms with Gasteiger partial charge in [0.1, 0.15) is 49.3 Å². The van der Waals surface area contributed by atoms with E-state index in [1.165, 1.54) is 0 Å². The van der Waals surface area contributed by atoms with Gasteiger partial charge in [-0.1, -0.05) is 13.8 Å². The third kappa shape index (κ3) is 8.74. The first-order valence-electron chi connectivity index (χ1n) is 10.2. The quantitative estimate of drug-likeness (QED) is 0.147. The van der Waals surface area contributed by atoms with Crippen LogP contribution in [-0.2, 0) is 28.2 Å². The van der Waals surface area contributed by atoms with E-state index in [0.717, 1.165) is 0 Å². The molecule has 6 N–H and O–H groups in total. The summed E-state index contributed by atoms with van der Waals surface area (Å²) in [7, 11) is -4.54. The number of rotatable bonds is 12. The van der Waals surface area contributed by atoms with Crippen LogP contribution < -0.4 is 0 Å². The van der Waals surface area contributed by atoms with Gasteiger partial charge in [0.05, 0.1) is 6.16 Å². The largest absolute Gasteiger partial charge is 0.462 e. The zero-order chi connectivity index (χ0) is 23.8. The molecule has 0 spiro atoms. The summed E-state index contributed by atoms with van der Waals surface area (Å²) >= 11 is 0. The van der Waals surface area contributed by atoms with E-state index in [-0.39, 0.29) is 25.9 Å². The molecule has 182 valence electrons. The second-order valence-corrected chi connectivity index (χ2v) is 9.40. The number of carbonyl (C=O) groups excluding carboxylic acids is 2. The third-order valence-corrected chi connectivity index (χ3v) is 6.13. The summed E-state index contributed by atoms with van der Waals surface area (Å²) in [4.78, 5) is 33.5. The van der Waals surface area contributed by atoms with Crippen molar-refractivity contribution in [1.29, 1.82) is 0 Å². The van der Waals surface area contributed by atoms with Gasteiger partial charge in [-0.3, -0.25) is 18.7 Å². The van der Waals surface area contributed by atoms with Crippen LogP contribution in [0.1, 0.15) is 46.0 Å². The molecule has 1 aliphatic rings. The van der Waals surface area contributed by atoms with E-state index in [9.17, 15) is 44.6 Å². The van der Waals surface area contributed by atoms with E-state index >= 15 is 0 Å². The lowest BCUT2D eigenvalue weighted by atomic mass is 9.85. The summed E-state index contributed by atoms with van der Waals surface area (Å²) in [6, 6.07) is 0. The van der Waals surface area contributed by atoms with Gasteiger partial charge in [0, 0.05) is 12.8 Å². The summed E-state index contributed by atoms with van der Waals surface area (Å²) < 4.78 is 27.5. The summed E-state index contributed by atoms with van der Waals surface area (Å²) in [5.74, 6) is -1.09. The van der Waals surface area contributed by atoms with Crippen LogP contribution in [-0.4, -0.2) is 97.9 Å². The van der Waals surface area contributed by atoms with E-state index in [2.05, 4.69) is 0 Å². The zero-order valence-corrected chi connectivity index (χ0v) is 18.5. The number of hydrogen-bond acceptors (Lipinski definition) is 11. The smallest absolute Gasteiger partial charge is 0.328 e. The molecule has 1 rings (SSSR count). The predicted octanol–water partition coefficient (Wildman–Crippen LogP) is -1.18. The highest BCUT2D eigenvalue weighted by Crippen LogP contribution is 2.46. The molecule has 0 heterocycles. The lowest BCUT2D eigenvalue weighted by Crippen LogP contribution is -2.64. The van der Waals surface area contributed by atoms with E-state index < -0.39 is 68.4 Å². The minimum atomic E-state index is -4.54. The molecule has 1 saturated carbocycles. The Morgan fingerprint density at radius 3 is 1.87 bits per heavy atom. The van der Waals surface area contributed by atoms with Crippen molar-refractivity contribution in [2.75, 3.05) is 12.8 Å². The monoisotopic (exact) mass is 472 g/mol. The molecular formula is C18H33O12P. The second kappa shape index (κ2) is 12.8. The van der Waals surface area contributed by atoms with Crippen molar-refractivity contribution in [2.24, 2.45) is 0 Å². The molecule has 2 unspecified atom stereocenters. The van der Waals surface area contributed by atoms with E-state index in [1.54, 1.807) is 13.8 Å². The Morgan fingerprint density at radius 1 is 0.871 bits per heavy atom. The lowest BCUT2D eigenvalue weighted by Gasteiger charge is -2.41. The molecule has 13 heteroatoms. The zero-order valence-electron chi connectivity index (χ0n) is 17.6. The highest BCUT2D eigenvalue weighted by molar-refractivity contribution is 7.52. The van der Waals surface area contributed by atoms with Crippen molar-refractivity contribution < 1.29 is 58.6 Å². The van der Waals surface area contributed by atoms with Gasteiger partial charge in [-0.05, 0) is 19.3 Å².